The van der Waals surface area contributed by atoms with E-state index in [9.17, 15) is 18.0 Å². The molecule has 2 atom stereocenters. The summed E-state index contributed by atoms with van der Waals surface area (Å²) in [6, 6.07) is 24.3. The molecule has 3 aromatic rings. The quantitative estimate of drug-likeness (QED) is 0.463. The molecule has 2 unspecified atom stereocenters. The Labute approximate surface area is 209 Å². The molecular weight excluding hydrogens is 484 g/mol. The second kappa shape index (κ2) is 10.6. The maximum Gasteiger partial charge on any atom is 0.335 e. The number of benzene rings is 3. The van der Waals surface area contributed by atoms with Crippen LogP contribution in [0.5, 0.6) is 0 Å². The summed E-state index contributed by atoms with van der Waals surface area (Å²) in [5, 5.41) is 0. The Kier molecular flexibility index (Phi) is 7.59. The third kappa shape index (κ3) is 4.98. The van der Waals surface area contributed by atoms with Gasteiger partial charge in [-0.1, -0.05) is 66.7 Å². The highest BCUT2D eigenvalue weighted by Gasteiger charge is 2.58. The zero-order valence-electron chi connectivity index (χ0n) is 19.2. The van der Waals surface area contributed by atoms with Gasteiger partial charge in [0.1, 0.15) is 0 Å². The highest BCUT2D eigenvalue weighted by molar-refractivity contribution is 7.99. The van der Waals surface area contributed by atoms with E-state index in [1.807, 2.05) is 0 Å². The van der Waals surface area contributed by atoms with Crippen LogP contribution < -0.4 is 4.72 Å². The van der Waals surface area contributed by atoms with E-state index in [-0.39, 0.29) is 29.0 Å². The van der Waals surface area contributed by atoms with Crippen molar-refractivity contribution in [3.8, 4) is 0 Å². The van der Waals surface area contributed by atoms with Crippen LogP contribution in [0.4, 0.5) is 0 Å². The molecule has 1 saturated heterocycles. The Balaban J connectivity index is 1.88. The van der Waals surface area contributed by atoms with Gasteiger partial charge in [-0.05, 0) is 36.8 Å². The summed E-state index contributed by atoms with van der Waals surface area (Å²) >= 11 is 1.38. The molecule has 0 aromatic heterocycles. The van der Waals surface area contributed by atoms with Crippen molar-refractivity contribution < 1.29 is 22.7 Å². The first-order valence-electron chi connectivity index (χ1n) is 11.1. The van der Waals surface area contributed by atoms with Crippen LogP contribution in [0.2, 0.25) is 0 Å². The Morgan fingerprint density at radius 3 is 2.14 bits per heavy atom. The molecule has 35 heavy (non-hydrogen) atoms. The molecule has 1 fully saturated rings. The van der Waals surface area contributed by atoms with Crippen molar-refractivity contribution in [3.63, 3.8) is 0 Å². The minimum atomic E-state index is -4.05. The fourth-order valence-electron chi connectivity index (χ4n) is 4.15. The Morgan fingerprint density at radius 1 is 0.971 bits per heavy atom. The number of amides is 1. The van der Waals surface area contributed by atoms with Gasteiger partial charge in [-0.3, -0.25) is 4.79 Å². The van der Waals surface area contributed by atoms with Gasteiger partial charge < -0.3 is 9.64 Å². The maximum absolute atomic E-state index is 13.7. The van der Waals surface area contributed by atoms with Crippen LogP contribution in [-0.4, -0.2) is 49.0 Å². The Hall–Kier alpha value is -3.14. The summed E-state index contributed by atoms with van der Waals surface area (Å²) in [5.41, 5.74) is -0.647. The largest absolute Gasteiger partial charge is 0.464 e. The summed E-state index contributed by atoms with van der Waals surface area (Å²) in [4.78, 5) is 28.9. The SMILES string of the molecule is CCOC(=O)C1(C(NS(=O)(=O)c2ccccc2)c2ccccc2)CSCN1C(=O)c1ccccc1. The standard InChI is InChI=1S/C26H26N2O5S2/c1-2-33-25(30)26(18-34-19-28(26)24(29)21-14-8-4-9-15-21)23(20-12-6-3-7-13-20)27-35(31,32)22-16-10-5-11-17-22/h3-17,23,27H,2,18-19H2,1H3. The molecule has 1 aliphatic heterocycles. The number of thioether (sulfide) groups is 1. The average molecular weight is 511 g/mol. The van der Waals surface area contributed by atoms with E-state index in [0.29, 0.717) is 11.1 Å². The fraction of sp³-hybridized carbons (Fsp3) is 0.231. The molecule has 1 amide bonds. The Morgan fingerprint density at radius 2 is 1.54 bits per heavy atom. The lowest BCUT2D eigenvalue weighted by Crippen LogP contribution is -2.63. The van der Waals surface area contributed by atoms with Crippen molar-refractivity contribution in [2.45, 2.75) is 23.4 Å². The van der Waals surface area contributed by atoms with Crippen LogP contribution in [0.25, 0.3) is 0 Å². The van der Waals surface area contributed by atoms with Crippen molar-refractivity contribution in [2.75, 3.05) is 18.2 Å². The van der Waals surface area contributed by atoms with Crippen LogP contribution >= 0.6 is 11.8 Å². The second-order valence-electron chi connectivity index (χ2n) is 8.00. The first kappa shape index (κ1) is 25.0. The van der Waals surface area contributed by atoms with Crippen molar-refractivity contribution in [1.82, 2.24) is 9.62 Å². The monoisotopic (exact) mass is 510 g/mol. The van der Waals surface area contributed by atoms with E-state index < -0.39 is 27.6 Å². The minimum absolute atomic E-state index is 0.0616. The molecule has 9 heteroatoms. The predicted molar refractivity (Wildman–Crippen MR) is 135 cm³/mol. The summed E-state index contributed by atoms with van der Waals surface area (Å²) in [5.74, 6) is -0.646. The van der Waals surface area contributed by atoms with Gasteiger partial charge in [-0.2, -0.15) is 0 Å². The molecule has 0 aliphatic carbocycles. The number of nitrogens with zero attached hydrogens (tertiary/aromatic N) is 1. The number of hydrogen-bond donors (Lipinski definition) is 1. The number of ether oxygens (including phenoxy) is 1. The number of esters is 1. The van der Waals surface area contributed by atoms with Crippen LogP contribution in [0.15, 0.2) is 95.9 Å². The first-order chi connectivity index (χ1) is 16.9. The molecule has 7 nitrogen and oxygen atoms in total. The van der Waals surface area contributed by atoms with E-state index in [1.54, 1.807) is 85.8 Å². The molecule has 0 saturated carbocycles. The van der Waals surface area contributed by atoms with Gasteiger partial charge in [-0.15, -0.1) is 11.8 Å². The molecule has 1 aliphatic rings. The summed E-state index contributed by atoms with van der Waals surface area (Å²) < 4.78 is 35.2. The van der Waals surface area contributed by atoms with Gasteiger partial charge in [0, 0.05) is 11.3 Å². The van der Waals surface area contributed by atoms with Gasteiger partial charge >= 0.3 is 5.97 Å². The van der Waals surface area contributed by atoms with Crippen LogP contribution in [0, 0.1) is 0 Å². The summed E-state index contributed by atoms with van der Waals surface area (Å²) in [7, 11) is -4.05. The number of carbonyl (C=O) groups excluding carboxylic acids is 2. The lowest BCUT2D eigenvalue weighted by atomic mass is 9.85. The molecule has 0 bridgehead atoms. The molecule has 0 spiro atoms. The topological polar surface area (TPSA) is 92.8 Å². The van der Waals surface area contributed by atoms with Gasteiger partial charge in [-0.25, -0.2) is 17.9 Å². The van der Waals surface area contributed by atoms with E-state index >= 15 is 0 Å². The fourth-order valence-corrected chi connectivity index (χ4v) is 6.82. The van der Waals surface area contributed by atoms with Crippen LogP contribution in [0.3, 0.4) is 0 Å². The third-order valence-corrected chi connectivity index (χ3v) is 8.38. The normalized spacial score (nSPS) is 18.7. The lowest BCUT2D eigenvalue weighted by molar-refractivity contribution is -0.155. The molecule has 1 heterocycles. The Bertz CT molecular complexity index is 1270. The van der Waals surface area contributed by atoms with Gasteiger partial charge in [0.05, 0.1) is 23.4 Å². The number of sulfonamides is 1. The van der Waals surface area contributed by atoms with Crippen molar-refractivity contribution in [3.05, 3.63) is 102 Å². The zero-order valence-corrected chi connectivity index (χ0v) is 20.8. The summed E-state index contributed by atoms with van der Waals surface area (Å²) in [6.07, 6.45) is 0. The van der Waals surface area contributed by atoms with E-state index in [0.717, 1.165) is 0 Å². The molecular formula is C26H26N2O5S2. The van der Waals surface area contributed by atoms with Gasteiger partial charge in [0.15, 0.2) is 5.54 Å². The maximum atomic E-state index is 13.7. The number of carbonyl (C=O) groups is 2. The second-order valence-corrected chi connectivity index (χ2v) is 10.7. The van der Waals surface area contributed by atoms with Crippen molar-refractivity contribution >= 4 is 33.7 Å². The molecule has 0 radical (unpaired) electrons. The van der Waals surface area contributed by atoms with E-state index in [2.05, 4.69) is 4.72 Å². The smallest absolute Gasteiger partial charge is 0.335 e. The lowest BCUT2D eigenvalue weighted by Gasteiger charge is -2.41. The van der Waals surface area contributed by atoms with E-state index in [4.69, 9.17) is 4.74 Å². The number of hydrogen-bond acceptors (Lipinski definition) is 6. The molecule has 182 valence electrons. The van der Waals surface area contributed by atoms with Crippen molar-refractivity contribution in [2.24, 2.45) is 0 Å². The number of rotatable bonds is 8. The van der Waals surface area contributed by atoms with E-state index in [1.165, 1.54) is 28.8 Å². The first-order valence-corrected chi connectivity index (χ1v) is 13.8. The van der Waals surface area contributed by atoms with Gasteiger partial charge in [0.2, 0.25) is 10.0 Å². The van der Waals surface area contributed by atoms with Crippen LogP contribution in [-0.2, 0) is 19.6 Å². The highest BCUT2D eigenvalue weighted by atomic mass is 32.2. The third-order valence-electron chi connectivity index (χ3n) is 5.86. The van der Waals surface area contributed by atoms with Crippen LogP contribution in [0.1, 0.15) is 28.9 Å². The van der Waals surface area contributed by atoms with Gasteiger partial charge in [0.25, 0.3) is 5.91 Å². The predicted octanol–water partition coefficient (Wildman–Crippen LogP) is 3.85. The minimum Gasteiger partial charge on any atom is -0.464 e. The highest BCUT2D eigenvalue weighted by Crippen LogP contribution is 2.43. The average Bonchev–Trinajstić information content (AvgIpc) is 3.34. The summed E-state index contributed by atoms with van der Waals surface area (Å²) in [6.45, 7) is 1.77. The number of nitrogens with one attached hydrogen (secondary N) is 1. The zero-order chi connectivity index (χ0) is 24.9. The molecule has 3 aromatic carbocycles. The van der Waals surface area contributed by atoms with Crippen molar-refractivity contribution in [1.29, 1.82) is 0 Å². The molecule has 4 rings (SSSR count). The molecule has 1 N–H and O–H groups in total.